The zero-order chi connectivity index (χ0) is 43.4. The number of anilines is 1. The summed E-state index contributed by atoms with van der Waals surface area (Å²) in [5.41, 5.74) is -0.0111. The van der Waals surface area contributed by atoms with E-state index in [0.29, 0.717) is 13.0 Å². The lowest BCUT2D eigenvalue weighted by atomic mass is 9.78. The predicted octanol–water partition coefficient (Wildman–Crippen LogP) is 5.30. The molecule has 2 aromatic rings. The number of phenolic OH excluding ortho intramolecular Hbond substituents is 2. The SMILES string of the molecule is CCCN(C)C(=O)COc1cc2c(O)c3c(O)c(C)c4c(c13)C(=O)C(C)(O/C=C/C(OC)C(C)C(OC(C)=O)C(C)C(O)C(C)C(O)C(C)/C=C/C=C(\C)C(=O)N2)O4. The van der Waals surface area contributed by atoms with Crippen LogP contribution < -0.4 is 14.8 Å². The van der Waals surface area contributed by atoms with E-state index in [9.17, 15) is 39.6 Å². The summed E-state index contributed by atoms with van der Waals surface area (Å²) >= 11 is 0. The minimum absolute atomic E-state index is 0.0580. The van der Waals surface area contributed by atoms with Crippen molar-refractivity contribution in [3.05, 3.63) is 53.3 Å². The molecule has 5 bridgehead atoms. The van der Waals surface area contributed by atoms with Crippen LogP contribution in [0.1, 0.15) is 77.7 Å². The number of aliphatic hydroxyl groups excluding tert-OH is 2. The third-order valence-corrected chi connectivity index (χ3v) is 11.2. The van der Waals surface area contributed by atoms with Gasteiger partial charge in [-0.3, -0.25) is 19.2 Å². The molecule has 9 unspecified atom stereocenters. The first kappa shape index (κ1) is 45.6. The van der Waals surface area contributed by atoms with Crippen molar-refractivity contribution in [1.29, 1.82) is 0 Å². The third-order valence-electron chi connectivity index (χ3n) is 11.2. The van der Waals surface area contributed by atoms with E-state index in [1.807, 2.05) is 6.92 Å². The molecule has 0 spiro atoms. The van der Waals surface area contributed by atoms with Gasteiger partial charge in [0, 0.05) is 80.8 Å². The van der Waals surface area contributed by atoms with Gasteiger partial charge in [-0.25, -0.2) is 0 Å². The number of carbonyl (C=O) groups is 4. The average Bonchev–Trinajstić information content (AvgIpc) is 3.44. The van der Waals surface area contributed by atoms with Crippen LogP contribution in [-0.2, 0) is 28.6 Å². The van der Waals surface area contributed by atoms with Crippen molar-refractivity contribution in [1.82, 2.24) is 4.90 Å². The molecule has 15 nitrogen and oxygen atoms in total. The number of nitrogens with one attached hydrogen (secondary N) is 1. The molecule has 3 aliphatic rings. The molecule has 0 saturated carbocycles. The Morgan fingerprint density at radius 2 is 1.66 bits per heavy atom. The number of esters is 1. The summed E-state index contributed by atoms with van der Waals surface area (Å²) in [4.78, 5) is 54.8. The molecule has 9 atom stereocenters. The fourth-order valence-corrected chi connectivity index (χ4v) is 7.46. The Morgan fingerprint density at radius 1 is 0.983 bits per heavy atom. The van der Waals surface area contributed by atoms with E-state index >= 15 is 0 Å². The highest BCUT2D eigenvalue weighted by atomic mass is 16.7. The van der Waals surface area contributed by atoms with E-state index in [1.54, 1.807) is 46.9 Å². The minimum Gasteiger partial charge on any atom is -0.507 e. The van der Waals surface area contributed by atoms with E-state index < -0.39 is 89.6 Å². The molecule has 3 aliphatic heterocycles. The number of ketones is 1. The quantitative estimate of drug-likeness (QED) is 0.178. The Labute approximate surface area is 339 Å². The maximum atomic E-state index is 14.4. The highest BCUT2D eigenvalue weighted by molar-refractivity contribution is 6.21. The number of likely N-dealkylation sites (N-methyl/N-ethyl adjacent to an activating group) is 1. The van der Waals surface area contributed by atoms with E-state index in [-0.39, 0.29) is 50.6 Å². The molecule has 2 aromatic carbocycles. The van der Waals surface area contributed by atoms with Crippen LogP contribution in [0, 0.1) is 30.6 Å². The molecule has 15 heteroatoms. The topological polar surface area (TPSA) is 211 Å². The highest BCUT2D eigenvalue weighted by Crippen LogP contribution is 2.54. The monoisotopic (exact) mass is 810 g/mol. The summed E-state index contributed by atoms with van der Waals surface area (Å²) in [6.45, 7) is 14.4. The van der Waals surface area contributed by atoms with Crippen LogP contribution >= 0.6 is 0 Å². The molecule has 0 radical (unpaired) electrons. The zero-order valence-electron chi connectivity index (χ0n) is 35.1. The Balaban J connectivity index is 1.93. The van der Waals surface area contributed by atoms with Crippen molar-refractivity contribution in [2.75, 3.05) is 32.6 Å². The zero-order valence-corrected chi connectivity index (χ0v) is 35.1. The molecule has 2 amide bonds. The summed E-state index contributed by atoms with van der Waals surface area (Å²) in [5, 5.41) is 48.3. The molecule has 0 saturated heterocycles. The van der Waals surface area contributed by atoms with Crippen molar-refractivity contribution < 1.29 is 63.3 Å². The van der Waals surface area contributed by atoms with Crippen LogP contribution in [0.15, 0.2) is 42.2 Å². The summed E-state index contributed by atoms with van der Waals surface area (Å²) in [6, 6.07) is 1.26. The van der Waals surface area contributed by atoms with Gasteiger partial charge in [0.1, 0.15) is 23.4 Å². The number of aromatic hydroxyl groups is 2. The van der Waals surface area contributed by atoms with Gasteiger partial charge in [0.25, 0.3) is 17.6 Å². The molecular weight excluding hydrogens is 752 g/mol. The Bertz CT molecular complexity index is 1990. The van der Waals surface area contributed by atoms with Crippen LogP contribution in [-0.4, -0.2) is 106 Å². The first-order chi connectivity index (χ1) is 27.2. The maximum absolute atomic E-state index is 14.4. The lowest BCUT2D eigenvalue weighted by Gasteiger charge is -2.38. The molecule has 0 fully saturated rings. The number of ether oxygens (including phenoxy) is 5. The van der Waals surface area contributed by atoms with E-state index in [0.717, 1.165) is 0 Å². The summed E-state index contributed by atoms with van der Waals surface area (Å²) in [6.07, 6.45) is 4.29. The van der Waals surface area contributed by atoms with Crippen LogP contribution in [0.2, 0.25) is 0 Å². The second-order valence-electron chi connectivity index (χ2n) is 15.5. The second kappa shape index (κ2) is 18.6. The molecule has 5 rings (SSSR count). The molecule has 0 aliphatic carbocycles. The molecule has 3 heterocycles. The van der Waals surface area contributed by atoms with Gasteiger partial charge in [0.15, 0.2) is 12.4 Å². The largest absolute Gasteiger partial charge is 0.507 e. The average molecular weight is 811 g/mol. The standard InChI is InChI=1S/C43H58N2O13/c1-12-17-45(10)31(47)20-55-30-19-28-38(51)33-32(30)34-40(26(7)37(33)50)58-43(9,41(34)52)56-18-16-29(54-11)23(4)39(57-27(8)46)25(6)36(49)24(5)35(48)21(2)14-13-15-22(3)42(53)44-28/h13-16,18-19,21,23-25,29,35-36,39,48-51H,12,17,20H2,1-11H3,(H,44,53)/b14-13+,18-16+,22-15+. The Morgan fingerprint density at radius 3 is 2.28 bits per heavy atom. The number of methoxy groups -OCH3 is 1. The number of hydrogen-bond donors (Lipinski definition) is 5. The van der Waals surface area contributed by atoms with Gasteiger partial charge >= 0.3 is 11.8 Å². The molecule has 58 heavy (non-hydrogen) atoms. The van der Waals surface area contributed by atoms with E-state index in [2.05, 4.69) is 5.32 Å². The number of allylic oxidation sites excluding steroid dienone is 2. The number of phenols is 2. The van der Waals surface area contributed by atoms with Crippen molar-refractivity contribution in [2.24, 2.45) is 23.7 Å². The summed E-state index contributed by atoms with van der Waals surface area (Å²) in [5.74, 6) is -8.04. The Kier molecular flexibility index (Phi) is 14.6. The van der Waals surface area contributed by atoms with Crippen LogP contribution in [0.25, 0.3) is 10.8 Å². The van der Waals surface area contributed by atoms with Gasteiger partial charge in [0.05, 0.1) is 41.2 Å². The predicted molar refractivity (Wildman–Crippen MR) is 216 cm³/mol. The molecular formula is C43H58N2O13. The number of aliphatic hydroxyl groups is 2. The number of rotatable bonds is 7. The minimum atomic E-state index is -2.02. The normalized spacial score (nSPS) is 30.1. The van der Waals surface area contributed by atoms with Gasteiger partial charge in [-0.05, 0) is 26.3 Å². The number of nitrogens with zero attached hydrogens (tertiary/aromatic N) is 1. The molecule has 0 aromatic heterocycles. The number of fused-ring (bicyclic) bond motifs is 14. The van der Waals surface area contributed by atoms with Crippen molar-refractivity contribution in [2.45, 2.75) is 98.9 Å². The van der Waals surface area contributed by atoms with Crippen LogP contribution in [0.4, 0.5) is 5.69 Å². The smallest absolute Gasteiger partial charge is 0.312 e. The first-order valence-corrected chi connectivity index (χ1v) is 19.4. The Hall–Kier alpha value is -5.12. The maximum Gasteiger partial charge on any atom is 0.312 e. The van der Waals surface area contributed by atoms with Crippen LogP contribution in [0.5, 0.6) is 23.0 Å². The number of amides is 2. The molecule has 5 N–H and O–H groups in total. The van der Waals surface area contributed by atoms with Gasteiger partial charge in [0.2, 0.25) is 0 Å². The molecule has 318 valence electrons. The van der Waals surface area contributed by atoms with E-state index in [4.69, 9.17) is 23.7 Å². The number of hydrogen-bond acceptors (Lipinski definition) is 13. The summed E-state index contributed by atoms with van der Waals surface area (Å²) < 4.78 is 29.6. The lowest BCUT2D eigenvalue weighted by molar-refractivity contribution is -0.160. The fourth-order valence-electron chi connectivity index (χ4n) is 7.46. The van der Waals surface area contributed by atoms with Crippen LogP contribution in [0.3, 0.4) is 0 Å². The first-order valence-electron chi connectivity index (χ1n) is 19.4. The van der Waals surface area contributed by atoms with Gasteiger partial charge in [-0.1, -0.05) is 52.8 Å². The summed E-state index contributed by atoms with van der Waals surface area (Å²) in [7, 11) is 3.05. The second-order valence-corrected chi connectivity index (χ2v) is 15.5. The number of carbonyl (C=O) groups excluding carboxylic acids is 4. The van der Waals surface area contributed by atoms with Gasteiger partial charge in [-0.2, -0.15) is 0 Å². The third kappa shape index (κ3) is 9.27. The van der Waals surface area contributed by atoms with Crippen molar-refractivity contribution in [3.8, 4) is 23.0 Å². The van der Waals surface area contributed by atoms with Gasteiger partial charge in [-0.15, -0.1) is 0 Å². The number of benzene rings is 2. The fraction of sp³-hybridized carbons (Fsp3) is 0.535. The lowest BCUT2D eigenvalue weighted by Crippen LogP contribution is -2.46. The van der Waals surface area contributed by atoms with Crippen molar-refractivity contribution >= 4 is 40.0 Å². The highest BCUT2D eigenvalue weighted by Gasteiger charge is 2.49. The number of Topliss-reactive ketones (excluding diaryl/α,β-unsaturated/α-hetero) is 1. The van der Waals surface area contributed by atoms with Gasteiger partial charge < -0.3 is 54.3 Å². The van der Waals surface area contributed by atoms with Crippen molar-refractivity contribution in [3.63, 3.8) is 0 Å². The van der Waals surface area contributed by atoms with E-state index in [1.165, 1.54) is 64.2 Å².